The summed E-state index contributed by atoms with van der Waals surface area (Å²) in [6, 6.07) is 0. The molecule has 0 saturated heterocycles. The monoisotopic (exact) mass is 317 g/mol. The van der Waals surface area contributed by atoms with E-state index in [9.17, 15) is 8.42 Å². The van der Waals surface area contributed by atoms with E-state index in [4.69, 9.17) is 9.88 Å². The van der Waals surface area contributed by atoms with E-state index in [-0.39, 0.29) is 23.2 Å². The van der Waals surface area contributed by atoms with Gasteiger partial charge in [-0.2, -0.15) is 0 Å². The van der Waals surface area contributed by atoms with Crippen LogP contribution in [0.25, 0.3) is 0 Å². The Hall–Kier alpha value is -0.130. The van der Waals surface area contributed by atoms with E-state index < -0.39 is 10.0 Å². The normalized spacial score (nSPS) is 36.0. The summed E-state index contributed by atoms with van der Waals surface area (Å²) >= 11 is 0. The van der Waals surface area contributed by atoms with Crippen molar-refractivity contribution < 1.29 is 13.2 Å². The number of ether oxygens (including phenoxy) is 1. The lowest BCUT2D eigenvalue weighted by Gasteiger charge is -2.39. The van der Waals surface area contributed by atoms with Gasteiger partial charge in [-0.3, -0.25) is 0 Å². The zero-order chi connectivity index (χ0) is 15.9. The minimum Gasteiger partial charge on any atom is -0.377 e. The van der Waals surface area contributed by atoms with Crippen LogP contribution in [0.15, 0.2) is 0 Å². The van der Waals surface area contributed by atoms with E-state index in [1.807, 2.05) is 0 Å². The number of sulfonamides is 1. The van der Waals surface area contributed by atoms with Crippen LogP contribution in [-0.4, -0.2) is 26.9 Å². The van der Waals surface area contributed by atoms with Gasteiger partial charge >= 0.3 is 0 Å². The molecular weight excluding hydrogens is 286 g/mol. The Morgan fingerprint density at radius 2 is 2.00 bits per heavy atom. The molecule has 4 atom stereocenters. The van der Waals surface area contributed by atoms with E-state index in [2.05, 4.69) is 27.7 Å². The van der Waals surface area contributed by atoms with Crippen LogP contribution in [0.5, 0.6) is 0 Å². The first kappa shape index (κ1) is 17.2. The van der Waals surface area contributed by atoms with Gasteiger partial charge in [0.05, 0.1) is 18.5 Å². The van der Waals surface area contributed by atoms with Gasteiger partial charge in [-0.1, -0.05) is 34.1 Å². The van der Waals surface area contributed by atoms with Crippen molar-refractivity contribution in [3.8, 4) is 0 Å². The SMILES string of the molecule is CCCC(COC1CC2CCC1(C)C2(C)C)CS(N)(=O)=O. The molecule has 0 radical (unpaired) electrons. The molecule has 0 aromatic heterocycles. The van der Waals surface area contributed by atoms with Crippen LogP contribution in [-0.2, 0) is 14.8 Å². The first-order valence-electron chi connectivity index (χ1n) is 8.22. The predicted molar refractivity (Wildman–Crippen MR) is 85.3 cm³/mol. The Bertz CT molecular complexity index is 474. The van der Waals surface area contributed by atoms with E-state index >= 15 is 0 Å². The van der Waals surface area contributed by atoms with Gasteiger partial charge in [0, 0.05) is 0 Å². The molecule has 2 fully saturated rings. The largest absolute Gasteiger partial charge is 0.377 e. The molecule has 124 valence electrons. The van der Waals surface area contributed by atoms with Crippen molar-refractivity contribution in [2.24, 2.45) is 27.8 Å². The zero-order valence-corrected chi connectivity index (χ0v) is 14.7. The van der Waals surface area contributed by atoms with Crippen LogP contribution in [0, 0.1) is 22.7 Å². The third-order valence-corrected chi connectivity index (χ3v) is 7.35. The minimum atomic E-state index is -3.42. The minimum absolute atomic E-state index is 0.0239. The van der Waals surface area contributed by atoms with Crippen LogP contribution >= 0.6 is 0 Å². The van der Waals surface area contributed by atoms with Gasteiger partial charge < -0.3 is 4.74 Å². The van der Waals surface area contributed by atoms with Crippen molar-refractivity contribution in [2.45, 2.75) is 65.9 Å². The Morgan fingerprint density at radius 1 is 1.33 bits per heavy atom. The Balaban J connectivity index is 1.96. The first-order chi connectivity index (χ1) is 9.60. The van der Waals surface area contributed by atoms with Crippen LogP contribution in [0.1, 0.15) is 59.8 Å². The first-order valence-corrected chi connectivity index (χ1v) is 9.94. The summed E-state index contributed by atoms with van der Waals surface area (Å²) in [5, 5.41) is 5.20. The molecule has 2 rings (SSSR count). The topological polar surface area (TPSA) is 69.4 Å². The molecule has 0 spiro atoms. The van der Waals surface area contributed by atoms with E-state index in [0.29, 0.717) is 12.0 Å². The van der Waals surface area contributed by atoms with Crippen LogP contribution in [0.4, 0.5) is 0 Å². The molecular formula is C16H31NO3S. The standard InChI is InChI=1S/C16H31NO3S/c1-5-6-12(11-21(17,18)19)10-20-14-9-13-7-8-16(14,4)15(13,2)3/h12-14H,5-11H2,1-4H3,(H2,17,18,19). The Morgan fingerprint density at radius 3 is 2.43 bits per heavy atom. The van der Waals surface area contributed by atoms with Gasteiger partial charge in [-0.25, -0.2) is 13.6 Å². The number of rotatable bonds is 7. The van der Waals surface area contributed by atoms with Crippen molar-refractivity contribution in [3.63, 3.8) is 0 Å². The van der Waals surface area contributed by atoms with Gasteiger partial charge in [-0.15, -0.1) is 0 Å². The van der Waals surface area contributed by atoms with Gasteiger partial charge in [0.1, 0.15) is 0 Å². The second kappa shape index (κ2) is 5.82. The van der Waals surface area contributed by atoms with Gasteiger partial charge in [-0.05, 0) is 48.3 Å². The molecule has 0 aromatic rings. The molecule has 4 unspecified atom stereocenters. The number of nitrogens with two attached hydrogens (primary N) is 1. The molecule has 0 aliphatic heterocycles. The summed E-state index contributed by atoms with van der Waals surface area (Å²) in [5.74, 6) is 0.808. The quantitative estimate of drug-likeness (QED) is 0.785. The fraction of sp³-hybridized carbons (Fsp3) is 1.00. The number of fused-ring (bicyclic) bond motifs is 2. The summed E-state index contributed by atoms with van der Waals surface area (Å²) in [4.78, 5) is 0. The highest BCUT2D eigenvalue weighted by molar-refractivity contribution is 7.89. The van der Waals surface area contributed by atoms with Crippen molar-refractivity contribution in [1.82, 2.24) is 0 Å². The van der Waals surface area contributed by atoms with Crippen molar-refractivity contribution in [2.75, 3.05) is 12.4 Å². The third-order valence-electron chi connectivity index (χ3n) is 6.41. The lowest BCUT2D eigenvalue weighted by Crippen LogP contribution is -2.38. The van der Waals surface area contributed by atoms with Crippen molar-refractivity contribution in [1.29, 1.82) is 0 Å². The second-order valence-corrected chi connectivity index (χ2v) is 9.58. The van der Waals surface area contributed by atoms with E-state index in [1.54, 1.807) is 0 Å². The van der Waals surface area contributed by atoms with Crippen LogP contribution in [0.2, 0.25) is 0 Å². The maximum atomic E-state index is 11.3. The van der Waals surface area contributed by atoms with Gasteiger partial charge in [0.15, 0.2) is 0 Å². The lowest BCUT2D eigenvalue weighted by molar-refractivity contribution is -0.0573. The third kappa shape index (κ3) is 3.30. The van der Waals surface area contributed by atoms with Crippen molar-refractivity contribution in [3.05, 3.63) is 0 Å². The highest BCUT2D eigenvalue weighted by atomic mass is 32.2. The molecule has 2 bridgehead atoms. The predicted octanol–water partition coefficient (Wildman–Crippen LogP) is 2.92. The lowest BCUT2D eigenvalue weighted by atomic mass is 9.70. The molecule has 2 aliphatic carbocycles. The highest BCUT2D eigenvalue weighted by Crippen LogP contribution is 2.66. The number of primary sulfonamides is 1. The second-order valence-electron chi connectivity index (χ2n) is 7.92. The summed E-state index contributed by atoms with van der Waals surface area (Å²) in [7, 11) is -3.42. The fourth-order valence-corrected chi connectivity index (χ4v) is 5.51. The number of hydrogen-bond acceptors (Lipinski definition) is 3. The van der Waals surface area contributed by atoms with E-state index in [0.717, 1.165) is 25.2 Å². The molecule has 2 saturated carbocycles. The van der Waals surface area contributed by atoms with Crippen LogP contribution in [0.3, 0.4) is 0 Å². The zero-order valence-electron chi connectivity index (χ0n) is 13.9. The highest BCUT2D eigenvalue weighted by Gasteiger charge is 2.61. The fourth-order valence-electron chi connectivity index (χ4n) is 4.59. The van der Waals surface area contributed by atoms with Gasteiger partial charge in [0.25, 0.3) is 0 Å². The smallest absolute Gasteiger partial charge is 0.209 e. The number of hydrogen-bond donors (Lipinski definition) is 1. The van der Waals surface area contributed by atoms with Crippen LogP contribution < -0.4 is 5.14 Å². The summed E-state index contributed by atoms with van der Waals surface area (Å²) in [5.41, 5.74) is 0.563. The summed E-state index contributed by atoms with van der Waals surface area (Å²) < 4.78 is 28.9. The summed E-state index contributed by atoms with van der Waals surface area (Å²) in [6.45, 7) is 9.66. The van der Waals surface area contributed by atoms with E-state index in [1.165, 1.54) is 12.8 Å². The Kier molecular flexibility index (Phi) is 4.77. The maximum absolute atomic E-state index is 11.3. The van der Waals surface area contributed by atoms with Gasteiger partial charge in [0.2, 0.25) is 10.0 Å². The average Bonchev–Trinajstić information content (AvgIpc) is 2.67. The molecule has 0 amide bonds. The summed E-state index contributed by atoms with van der Waals surface area (Å²) in [6.07, 6.45) is 5.73. The molecule has 2 aliphatic rings. The molecule has 21 heavy (non-hydrogen) atoms. The Labute approximate surface area is 129 Å². The molecule has 0 heterocycles. The maximum Gasteiger partial charge on any atom is 0.209 e. The molecule has 4 nitrogen and oxygen atoms in total. The van der Waals surface area contributed by atoms with Crippen molar-refractivity contribution >= 4 is 10.0 Å². The molecule has 0 aromatic carbocycles. The molecule has 2 N–H and O–H groups in total. The average molecular weight is 317 g/mol. The molecule has 5 heteroatoms.